The fourth-order valence-corrected chi connectivity index (χ4v) is 2.80. The summed E-state index contributed by atoms with van der Waals surface area (Å²) < 4.78 is 6.05. The van der Waals surface area contributed by atoms with Gasteiger partial charge in [0.25, 0.3) is 0 Å². The van der Waals surface area contributed by atoms with Gasteiger partial charge in [-0.3, -0.25) is 4.98 Å². The summed E-state index contributed by atoms with van der Waals surface area (Å²) in [7, 11) is 0. The predicted molar refractivity (Wildman–Crippen MR) is 86.3 cm³/mol. The van der Waals surface area contributed by atoms with Crippen molar-refractivity contribution in [3.8, 4) is 11.1 Å². The van der Waals surface area contributed by atoms with E-state index in [1.54, 1.807) is 0 Å². The van der Waals surface area contributed by atoms with Crippen molar-refractivity contribution in [3.63, 3.8) is 0 Å². The highest BCUT2D eigenvalue weighted by molar-refractivity contribution is 6.07. The summed E-state index contributed by atoms with van der Waals surface area (Å²) in [5.41, 5.74) is 6.34. The smallest absolute Gasteiger partial charge is 0.153 e. The quantitative estimate of drug-likeness (QED) is 0.501. The Labute approximate surface area is 123 Å². The highest BCUT2D eigenvalue weighted by atomic mass is 16.3. The van der Waals surface area contributed by atoms with Crippen LogP contribution < -0.4 is 0 Å². The molecule has 2 nitrogen and oxygen atoms in total. The summed E-state index contributed by atoms with van der Waals surface area (Å²) in [4.78, 5) is 4.44. The van der Waals surface area contributed by atoms with E-state index in [1.165, 1.54) is 11.1 Å². The van der Waals surface area contributed by atoms with Gasteiger partial charge in [0, 0.05) is 17.1 Å². The molecule has 0 spiro atoms. The van der Waals surface area contributed by atoms with E-state index in [1.807, 2.05) is 18.3 Å². The number of hydrogen-bond donors (Lipinski definition) is 0. The summed E-state index contributed by atoms with van der Waals surface area (Å²) >= 11 is 0. The van der Waals surface area contributed by atoms with Gasteiger partial charge in [-0.25, -0.2) is 0 Å². The Hall–Kier alpha value is -2.61. The molecule has 102 valence electrons. The molecule has 0 aliphatic carbocycles. The van der Waals surface area contributed by atoms with E-state index < -0.39 is 0 Å². The van der Waals surface area contributed by atoms with Gasteiger partial charge in [-0.2, -0.15) is 0 Å². The van der Waals surface area contributed by atoms with Gasteiger partial charge in [-0.15, -0.1) is 0 Å². The van der Waals surface area contributed by atoms with Gasteiger partial charge in [0.2, 0.25) is 0 Å². The lowest BCUT2D eigenvalue weighted by atomic mass is 10.0. The SMILES string of the molecule is CCc1cccc(-c2cccc3c2oc2cccnc23)c1. The number of pyridine rings is 1. The fraction of sp³-hybridized carbons (Fsp3) is 0.105. The number of rotatable bonds is 2. The molecule has 2 aromatic heterocycles. The number of fused-ring (bicyclic) bond motifs is 3. The third-order valence-electron chi connectivity index (χ3n) is 3.90. The van der Waals surface area contributed by atoms with Crippen LogP contribution in [0.2, 0.25) is 0 Å². The first-order valence-electron chi connectivity index (χ1n) is 7.22. The van der Waals surface area contributed by atoms with E-state index in [9.17, 15) is 0 Å². The summed E-state index contributed by atoms with van der Waals surface area (Å²) in [6.45, 7) is 2.17. The molecule has 0 bridgehead atoms. The molecule has 0 amide bonds. The second-order valence-electron chi connectivity index (χ2n) is 5.19. The molecule has 21 heavy (non-hydrogen) atoms. The molecule has 2 heterocycles. The lowest BCUT2D eigenvalue weighted by molar-refractivity contribution is 0.669. The van der Waals surface area contributed by atoms with Gasteiger partial charge in [0.05, 0.1) is 0 Å². The largest absolute Gasteiger partial charge is 0.454 e. The molecule has 0 radical (unpaired) electrons. The zero-order valence-electron chi connectivity index (χ0n) is 11.8. The van der Waals surface area contributed by atoms with E-state index in [0.717, 1.165) is 34.1 Å². The van der Waals surface area contributed by atoms with Gasteiger partial charge >= 0.3 is 0 Å². The van der Waals surface area contributed by atoms with Crippen LogP contribution >= 0.6 is 0 Å². The number of nitrogens with zero attached hydrogens (tertiary/aromatic N) is 1. The van der Waals surface area contributed by atoms with Crippen molar-refractivity contribution in [1.82, 2.24) is 4.98 Å². The van der Waals surface area contributed by atoms with E-state index in [-0.39, 0.29) is 0 Å². The molecular weight excluding hydrogens is 258 g/mol. The third kappa shape index (κ3) is 1.91. The molecule has 0 N–H and O–H groups in total. The minimum atomic E-state index is 0.839. The van der Waals surface area contributed by atoms with Crippen LogP contribution in [0.15, 0.2) is 65.2 Å². The first-order chi connectivity index (χ1) is 10.4. The van der Waals surface area contributed by atoms with Crippen LogP contribution in [0.4, 0.5) is 0 Å². The van der Waals surface area contributed by atoms with E-state index >= 15 is 0 Å². The maximum Gasteiger partial charge on any atom is 0.153 e. The van der Waals surface area contributed by atoms with Crippen LogP contribution in [0, 0.1) is 0 Å². The van der Waals surface area contributed by atoms with Gasteiger partial charge in [-0.05, 0) is 35.7 Å². The summed E-state index contributed by atoms with van der Waals surface area (Å²) in [5.74, 6) is 0. The van der Waals surface area contributed by atoms with Gasteiger partial charge in [-0.1, -0.05) is 43.3 Å². The maximum atomic E-state index is 6.05. The zero-order valence-corrected chi connectivity index (χ0v) is 11.8. The van der Waals surface area contributed by atoms with Crippen LogP contribution in [0.5, 0.6) is 0 Å². The number of benzene rings is 2. The van der Waals surface area contributed by atoms with Crippen molar-refractivity contribution < 1.29 is 4.42 Å². The first-order valence-corrected chi connectivity index (χ1v) is 7.22. The van der Waals surface area contributed by atoms with Crippen molar-refractivity contribution in [2.45, 2.75) is 13.3 Å². The minimum absolute atomic E-state index is 0.839. The van der Waals surface area contributed by atoms with Gasteiger partial charge in [0.15, 0.2) is 5.58 Å². The maximum absolute atomic E-state index is 6.05. The van der Waals surface area contributed by atoms with Crippen molar-refractivity contribution in [2.75, 3.05) is 0 Å². The van der Waals surface area contributed by atoms with Crippen LogP contribution in [0.25, 0.3) is 33.2 Å². The Morgan fingerprint density at radius 3 is 2.81 bits per heavy atom. The topological polar surface area (TPSA) is 26.0 Å². The Morgan fingerprint density at radius 1 is 1.00 bits per heavy atom. The monoisotopic (exact) mass is 273 g/mol. The molecule has 4 aromatic rings. The molecular formula is C19H15NO. The number of hydrogen-bond acceptors (Lipinski definition) is 2. The van der Waals surface area contributed by atoms with E-state index in [4.69, 9.17) is 4.42 Å². The fourth-order valence-electron chi connectivity index (χ4n) is 2.80. The average Bonchev–Trinajstić information content (AvgIpc) is 2.93. The second kappa shape index (κ2) is 4.74. The van der Waals surface area contributed by atoms with Gasteiger partial charge in [0.1, 0.15) is 11.1 Å². The Kier molecular flexibility index (Phi) is 2.74. The number of aromatic nitrogens is 1. The Balaban J connectivity index is 2.04. The highest BCUT2D eigenvalue weighted by Gasteiger charge is 2.12. The van der Waals surface area contributed by atoms with Crippen molar-refractivity contribution in [2.24, 2.45) is 0 Å². The number of para-hydroxylation sites is 1. The van der Waals surface area contributed by atoms with Crippen LogP contribution in [0.3, 0.4) is 0 Å². The summed E-state index contributed by atoms with van der Waals surface area (Å²) in [6, 6.07) is 18.7. The average molecular weight is 273 g/mol. The molecule has 0 atom stereocenters. The predicted octanol–water partition coefficient (Wildman–Crippen LogP) is 5.21. The normalized spacial score (nSPS) is 11.3. The third-order valence-corrected chi connectivity index (χ3v) is 3.90. The van der Waals surface area contributed by atoms with Crippen molar-refractivity contribution >= 4 is 22.1 Å². The number of aryl methyl sites for hydroxylation is 1. The Morgan fingerprint density at radius 2 is 1.90 bits per heavy atom. The summed E-state index contributed by atoms with van der Waals surface area (Å²) in [6.07, 6.45) is 2.84. The Bertz CT molecular complexity index is 937. The van der Waals surface area contributed by atoms with Crippen molar-refractivity contribution in [3.05, 3.63) is 66.4 Å². The zero-order chi connectivity index (χ0) is 14.2. The molecule has 0 saturated carbocycles. The highest BCUT2D eigenvalue weighted by Crippen LogP contribution is 2.34. The van der Waals surface area contributed by atoms with Gasteiger partial charge < -0.3 is 4.42 Å². The lowest BCUT2D eigenvalue weighted by Crippen LogP contribution is -1.83. The second-order valence-corrected chi connectivity index (χ2v) is 5.19. The van der Waals surface area contributed by atoms with E-state index in [0.29, 0.717) is 0 Å². The molecule has 0 unspecified atom stereocenters. The molecule has 2 heteroatoms. The molecule has 0 saturated heterocycles. The standard InChI is InChI=1S/C19H15NO/c1-2-13-6-3-7-14(12-13)15-8-4-9-16-18-17(21-19(15)16)10-5-11-20-18/h3-12H,2H2,1H3. The molecule has 0 aliphatic rings. The van der Waals surface area contributed by atoms with Crippen LogP contribution in [-0.4, -0.2) is 4.98 Å². The van der Waals surface area contributed by atoms with E-state index in [2.05, 4.69) is 54.4 Å². The number of furan rings is 1. The lowest BCUT2D eigenvalue weighted by Gasteiger charge is -2.04. The van der Waals surface area contributed by atoms with Crippen LogP contribution in [-0.2, 0) is 6.42 Å². The molecule has 2 aromatic carbocycles. The summed E-state index contributed by atoms with van der Waals surface area (Å²) in [5, 5.41) is 1.07. The molecule has 0 aliphatic heterocycles. The molecule has 0 fully saturated rings. The molecule has 4 rings (SSSR count). The first kappa shape index (κ1) is 12.2. The van der Waals surface area contributed by atoms with Crippen molar-refractivity contribution in [1.29, 1.82) is 0 Å². The minimum Gasteiger partial charge on any atom is -0.454 e. The van der Waals surface area contributed by atoms with Crippen LogP contribution in [0.1, 0.15) is 12.5 Å².